The van der Waals surface area contributed by atoms with E-state index in [1.54, 1.807) is 6.07 Å². The van der Waals surface area contributed by atoms with Gasteiger partial charge in [-0.1, -0.05) is 12.1 Å². The van der Waals surface area contributed by atoms with E-state index in [-0.39, 0.29) is 11.7 Å². The minimum Gasteiger partial charge on any atom is -0.493 e. The molecule has 2 rings (SSSR count). The first-order chi connectivity index (χ1) is 8.27. The Morgan fingerprint density at radius 1 is 1.53 bits per heavy atom. The zero-order valence-corrected chi connectivity index (χ0v) is 10.1. The molecular weight excluding hydrogens is 219 g/mol. The summed E-state index contributed by atoms with van der Waals surface area (Å²) < 4.78 is 18.9. The van der Waals surface area contributed by atoms with Gasteiger partial charge in [-0.05, 0) is 44.0 Å². The van der Waals surface area contributed by atoms with Gasteiger partial charge >= 0.3 is 0 Å². The minimum atomic E-state index is -0.292. The van der Waals surface area contributed by atoms with Crippen LogP contribution in [-0.4, -0.2) is 26.7 Å². The average molecular weight is 238 g/mol. The molecule has 1 saturated heterocycles. The van der Waals surface area contributed by atoms with Gasteiger partial charge in [-0.25, -0.2) is 4.39 Å². The molecule has 1 fully saturated rings. The Morgan fingerprint density at radius 2 is 2.35 bits per heavy atom. The Hall–Kier alpha value is -1.13. The molecule has 0 bridgehead atoms. The van der Waals surface area contributed by atoms with Crippen molar-refractivity contribution in [3.05, 3.63) is 29.6 Å². The molecule has 1 aromatic rings. The van der Waals surface area contributed by atoms with E-state index in [2.05, 4.69) is 5.32 Å². The van der Waals surface area contributed by atoms with Crippen LogP contribution in [0.3, 0.4) is 0 Å². The second kappa shape index (κ2) is 5.47. The monoisotopic (exact) mass is 238 g/mol. The number of halogens is 1. The van der Waals surface area contributed by atoms with Gasteiger partial charge in [-0.3, -0.25) is 0 Å². The second-order valence-corrected chi connectivity index (χ2v) is 4.46. The highest BCUT2D eigenvalue weighted by atomic mass is 19.1. The van der Waals surface area contributed by atoms with Gasteiger partial charge in [-0.15, -0.1) is 0 Å². The van der Waals surface area contributed by atoms with Crippen LogP contribution in [0.5, 0.6) is 5.75 Å². The van der Waals surface area contributed by atoms with Crippen molar-refractivity contribution in [1.29, 1.82) is 0 Å². The second-order valence-electron chi connectivity index (χ2n) is 4.46. The van der Waals surface area contributed by atoms with Crippen molar-refractivity contribution in [2.75, 3.05) is 26.7 Å². The van der Waals surface area contributed by atoms with E-state index in [1.807, 2.05) is 6.07 Å². The van der Waals surface area contributed by atoms with Crippen LogP contribution in [0.4, 0.5) is 4.39 Å². The Balaban J connectivity index is 2.34. The number of hydrogen-bond donors (Lipinski definition) is 2. The zero-order valence-electron chi connectivity index (χ0n) is 10.1. The lowest BCUT2D eigenvalue weighted by Gasteiger charge is -2.32. The summed E-state index contributed by atoms with van der Waals surface area (Å²) in [4.78, 5) is 0. The molecule has 1 heterocycles. The molecular formula is C13H19FN2O. The summed E-state index contributed by atoms with van der Waals surface area (Å²) in [6.45, 7) is 2.44. The third-order valence-electron chi connectivity index (χ3n) is 3.51. The highest BCUT2D eigenvalue weighted by molar-refractivity contribution is 5.38. The molecule has 4 heteroatoms. The maximum Gasteiger partial charge on any atom is 0.165 e. The summed E-state index contributed by atoms with van der Waals surface area (Å²) in [5, 5.41) is 3.32. The highest BCUT2D eigenvalue weighted by Crippen LogP contribution is 2.36. The van der Waals surface area contributed by atoms with E-state index in [1.165, 1.54) is 13.2 Å². The summed E-state index contributed by atoms with van der Waals surface area (Å²) in [6.07, 6.45) is 0.974. The van der Waals surface area contributed by atoms with Crippen molar-refractivity contribution >= 4 is 0 Å². The number of piperidine rings is 1. The molecule has 1 aliphatic heterocycles. The first-order valence-electron chi connectivity index (χ1n) is 6.01. The van der Waals surface area contributed by atoms with Crippen LogP contribution in [0.1, 0.15) is 17.9 Å². The van der Waals surface area contributed by atoms with Gasteiger partial charge in [0.15, 0.2) is 11.6 Å². The number of benzene rings is 1. The molecule has 2 unspecified atom stereocenters. The topological polar surface area (TPSA) is 47.3 Å². The number of hydrogen-bond acceptors (Lipinski definition) is 3. The lowest BCUT2D eigenvalue weighted by atomic mass is 9.81. The summed E-state index contributed by atoms with van der Waals surface area (Å²) in [5.41, 5.74) is 6.73. The van der Waals surface area contributed by atoms with Gasteiger partial charge in [0, 0.05) is 5.56 Å². The van der Waals surface area contributed by atoms with Crippen molar-refractivity contribution in [3.8, 4) is 5.75 Å². The fraction of sp³-hybridized carbons (Fsp3) is 0.538. The lowest BCUT2D eigenvalue weighted by Crippen LogP contribution is -2.39. The number of methoxy groups -OCH3 is 1. The van der Waals surface area contributed by atoms with Crippen LogP contribution in [0, 0.1) is 11.7 Å². The standard InChI is InChI=1S/C13H19FN2O/c1-17-13-11(3-2-4-12(13)14)10-5-6-16-8-9(10)7-15/h2-4,9-10,16H,5-8,15H2,1H3. The first kappa shape index (κ1) is 12.3. The molecule has 2 atom stereocenters. The minimum absolute atomic E-state index is 0.284. The van der Waals surface area contributed by atoms with Crippen molar-refractivity contribution < 1.29 is 9.13 Å². The fourth-order valence-corrected chi connectivity index (χ4v) is 2.61. The fourth-order valence-electron chi connectivity index (χ4n) is 2.61. The normalized spacial score (nSPS) is 24.6. The molecule has 94 valence electrons. The molecule has 1 aliphatic rings. The van der Waals surface area contributed by atoms with Gasteiger partial charge < -0.3 is 15.8 Å². The van der Waals surface area contributed by atoms with Gasteiger partial charge in [0.05, 0.1) is 7.11 Å². The molecule has 0 spiro atoms. The summed E-state index contributed by atoms with van der Waals surface area (Å²) in [7, 11) is 1.51. The van der Waals surface area contributed by atoms with E-state index in [4.69, 9.17) is 10.5 Å². The van der Waals surface area contributed by atoms with Crippen LogP contribution in [0.25, 0.3) is 0 Å². The van der Waals surface area contributed by atoms with Crippen LogP contribution < -0.4 is 15.8 Å². The van der Waals surface area contributed by atoms with Crippen LogP contribution in [0.15, 0.2) is 18.2 Å². The molecule has 3 N–H and O–H groups in total. The van der Waals surface area contributed by atoms with Crippen molar-refractivity contribution in [1.82, 2.24) is 5.32 Å². The maximum atomic E-state index is 13.7. The predicted molar refractivity (Wildman–Crippen MR) is 65.7 cm³/mol. The van der Waals surface area contributed by atoms with E-state index in [0.29, 0.717) is 18.2 Å². The number of nitrogens with one attached hydrogen (secondary N) is 1. The molecule has 0 aliphatic carbocycles. The van der Waals surface area contributed by atoms with Crippen molar-refractivity contribution in [3.63, 3.8) is 0 Å². The SMILES string of the molecule is COc1c(F)cccc1C1CCNCC1CN. The van der Waals surface area contributed by atoms with E-state index >= 15 is 0 Å². The third kappa shape index (κ3) is 2.42. The number of rotatable bonds is 3. The lowest BCUT2D eigenvalue weighted by molar-refractivity contribution is 0.315. The van der Waals surface area contributed by atoms with E-state index in [0.717, 1.165) is 25.1 Å². The Morgan fingerprint density at radius 3 is 3.06 bits per heavy atom. The Bertz CT molecular complexity index is 384. The van der Waals surface area contributed by atoms with Gasteiger partial charge in [-0.2, -0.15) is 0 Å². The number of nitrogens with two attached hydrogens (primary N) is 1. The molecule has 0 aromatic heterocycles. The van der Waals surface area contributed by atoms with E-state index < -0.39 is 0 Å². The molecule has 0 amide bonds. The summed E-state index contributed by atoms with van der Waals surface area (Å²) >= 11 is 0. The third-order valence-corrected chi connectivity index (χ3v) is 3.51. The maximum absolute atomic E-state index is 13.7. The molecule has 0 radical (unpaired) electrons. The van der Waals surface area contributed by atoms with E-state index in [9.17, 15) is 4.39 Å². The van der Waals surface area contributed by atoms with Crippen molar-refractivity contribution in [2.45, 2.75) is 12.3 Å². The van der Waals surface area contributed by atoms with Crippen LogP contribution in [0.2, 0.25) is 0 Å². The van der Waals surface area contributed by atoms with Crippen LogP contribution >= 0.6 is 0 Å². The Labute approximate surface area is 101 Å². The summed E-state index contributed by atoms with van der Waals surface area (Å²) in [6, 6.07) is 5.12. The highest BCUT2D eigenvalue weighted by Gasteiger charge is 2.28. The molecule has 0 saturated carbocycles. The average Bonchev–Trinajstić information content (AvgIpc) is 2.38. The molecule has 3 nitrogen and oxygen atoms in total. The van der Waals surface area contributed by atoms with Crippen LogP contribution in [-0.2, 0) is 0 Å². The van der Waals surface area contributed by atoms with Crippen molar-refractivity contribution in [2.24, 2.45) is 11.7 Å². The van der Waals surface area contributed by atoms with Gasteiger partial charge in [0.1, 0.15) is 0 Å². The summed E-state index contributed by atoms with van der Waals surface area (Å²) in [5.74, 6) is 0.712. The first-order valence-corrected chi connectivity index (χ1v) is 6.01. The quantitative estimate of drug-likeness (QED) is 0.838. The molecule has 1 aromatic carbocycles. The number of para-hydroxylation sites is 1. The van der Waals surface area contributed by atoms with Gasteiger partial charge in [0.25, 0.3) is 0 Å². The van der Waals surface area contributed by atoms with Gasteiger partial charge in [0.2, 0.25) is 0 Å². The molecule has 17 heavy (non-hydrogen) atoms. The zero-order chi connectivity index (χ0) is 12.3. The number of ether oxygens (including phenoxy) is 1. The smallest absolute Gasteiger partial charge is 0.165 e. The largest absolute Gasteiger partial charge is 0.493 e. The predicted octanol–water partition coefficient (Wildman–Crippen LogP) is 1.49. The Kier molecular flexibility index (Phi) is 3.97.